The maximum Gasteiger partial charge on any atom is 0.303 e. The van der Waals surface area contributed by atoms with Gasteiger partial charge in [-0.1, -0.05) is 0 Å². The summed E-state index contributed by atoms with van der Waals surface area (Å²) in [5.74, 6) is -3.86. The maximum atomic E-state index is 13.6. The minimum Gasteiger partial charge on any atom is -0.462 e. The second-order valence-corrected chi connectivity index (χ2v) is 12.8. The average molecular weight is 955 g/mol. The predicted molar refractivity (Wildman–Crippen MR) is 180 cm³/mol. The molecule has 2 unspecified atom stereocenters. The first-order chi connectivity index (χ1) is 20.6. The number of piperidine rings is 1. The number of amides is 3. The summed E-state index contributed by atoms with van der Waals surface area (Å²) < 4.78 is 21.3. The fourth-order valence-corrected chi connectivity index (χ4v) is 8.81. The van der Waals surface area contributed by atoms with E-state index in [1.54, 1.807) is 4.90 Å². The topological polar surface area (TPSA) is 184 Å². The number of esters is 4. The highest BCUT2D eigenvalue weighted by atomic mass is 127. The highest BCUT2D eigenvalue weighted by Gasteiger charge is 2.33. The summed E-state index contributed by atoms with van der Waals surface area (Å²) in [5, 5.41) is 5.35. The average Bonchev–Trinajstić information content (AvgIpc) is 2.92. The molecule has 1 fully saturated rings. The van der Waals surface area contributed by atoms with Gasteiger partial charge in [-0.3, -0.25) is 33.6 Å². The number of anilines is 1. The first-order valence-electron chi connectivity index (χ1n) is 13.3. The lowest BCUT2D eigenvalue weighted by Crippen LogP contribution is -2.41. The molecule has 0 aliphatic carbocycles. The number of rotatable bonds is 13. The van der Waals surface area contributed by atoms with Crippen molar-refractivity contribution in [2.24, 2.45) is 0 Å². The number of benzene rings is 1. The van der Waals surface area contributed by atoms with E-state index in [2.05, 4.69) is 10.6 Å². The van der Waals surface area contributed by atoms with Crippen molar-refractivity contribution in [1.29, 1.82) is 0 Å². The molecule has 17 heteroatoms. The van der Waals surface area contributed by atoms with Crippen LogP contribution >= 0.6 is 67.8 Å². The molecule has 2 rings (SSSR count). The van der Waals surface area contributed by atoms with Gasteiger partial charge in [-0.25, -0.2) is 0 Å². The van der Waals surface area contributed by atoms with Gasteiger partial charge in [-0.05, 0) is 80.6 Å². The van der Waals surface area contributed by atoms with E-state index in [-0.39, 0.29) is 46.9 Å². The van der Waals surface area contributed by atoms with Crippen LogP contribution in [0.3, 0.4) is 0 Å². The zero-order chi connectivity index (χ0) is 33.1. The second-order valence-electron chi connectivity index (χ2n) is 9.53. The number of carbonyl (C=O) groups is 7. The Kier molecular flexibility index (Phi) is 15.5. The lowest BCUT2D eigenvalue weighted by Gasteiger charge is -2.31. The number of ether oxygens (including phenoxy) is 4. The quantitative estimate of drug-likeness (QED) is 0.168. The molecule has 44 heavy (non-hydrogen) atoms. The summed E-state index contributed by atoms with van der Waals surface area (Å²) in [6, 6.07) is 0. The maximum absolute atomic E-state index is 13.6. The molecule has 0 bridgehead atoms. The molecule has 2 N–H and O–H groups in total. The molecule has 1 aliphatic heterocycles. The Balaban J connectivity index is 2.50. The van der Waals surface area contributed by atoms with Gasteiger partial charge in [-0.15, -0.1) is 0 Å². The van der Waals surface area contributed by atoms with Crippen molar-refractivity contribution in [2.75, 3.05) is 37.7 Å². The number of hydrogen-bond donors (Lipinski definition) is 2. The molecule has 0 radical (unpaired) electrons. The van der Waals surface area contributed by atoms with Crippen LogP contribution in [0.15, 0.2) is 0 Å². The van der Waals surface area contributed by atoms with Crippen LogP contribution in [-0.2, 0) is 42.9 Å². The highest BCUT2D eigenvalue weighted by molar-refractivity contribution is 14.1. The van der Waals surface area contributed by atoms with Crippen molar-refractivity contribution in [3.8, 4) is 0 Å². The Morgan fingerprint density at radius 3 is 1.50 bits per heavy atom. The Morgan fingerprint density at radius 1 is 0.705 bits per heavy atom. The number of nitrogens with one attached hydrogen (secondary N) is 2. The number of carbonyl (C=O) groups excluding carboxylic acids is 7. The molecule has 1 heterocycles. The molecule has 1 saturated heterocycles. The highest BCUT2D eigenvalue weighted by Crippen LogP contribution is 2.39. The van der Waals surface area contributed by atoms with Gasteiger partial charge in [0, 0.05) is 44.2 Å². The minimum absolute atomic E-state index is 0.107. The molecule has 1 aromatic rings. The summed E-state index contributed by atoms with van der Waals surface area (Å²) in [5.41, 5.74) is 0.616. The Morgan fingerprint density at radius 2 is 1.14 bits per heavy atom. The van der Waals surface area contributed by atoms with Gasteiger partial charge < -0.3 is 34.5 Å². The molecule has 0 spiro atoms. The van der Waals surface area contributed by atoms with Gasteiger partial charge >= 0.3 is 23.9 Å². The SMILES string of the molecule is CC(=O)OCC(CNC(=O)c1c(I)c(C(=O)NCC(COC(C)=O)OC(C)=O)c(I)c(N2CCCCC2=O)c1I)OC(C)=O. The third-order valence-electron chi connectivity index (χ3n) is 5.93. The number of hydrogen-bond acceptors (Lipinski definition) is 11. The van der Waals surface area contributed by atoms with Crippen LogP contribution in [0.25, 0.3) is 0 Å². The van der Waals surface area contributed by atoms with Crippen molar-refractivity contribution in [3.05, 3.63) is 21.8 Å². The summed E-state index contributed by atoms with van der Waals surface area (Å²) in [7, 11) is 0. The van der Waals surface area contributed by atoms with Crippen LogP contribution in [0, 0.1) is 10.7 Å². The van der Waals surface area contributed by atoms with Crippen LogP contribution in [0.2, 0.25) is 0 Å². The normalized spacial score (nSPS) is 14.2. The van der Waals surface area contributed by atoms with E-state index in [4.69, 9.17) is 18.9 Å². The van der Waals surface area contributed by atoms with Crippen molar-refractivity contribution in [3.63, 3.8) is 0 Å². The molecule has 14 nitrogen and oxygen atoms in total. The molecular formula is C27H32I3N3O11. The Labute approximate surface area is 294 Å². The Hall–Kier alpha value is -2.30. The van der Waals surface area contributed by atoms with Crippen LogP contribution in [-0.4, -0.2) is 86.7 Å². The number of nitrogens with zero attached hydrogens (tertiary/aromatic N) is 1. The summed E-state index contributed by atoms with van der Waals surface area (Å²) in [6.45, 7) is 4.16. The lowest BCUT2D eigenvalue weighted by molar-refractivity contribution is -0.155. The third-order valence-corrected chi connectivity index (χ3v) is 9.11. The standard InChI is InChI=1S/C27H32I3N3O11/c1-13(34)41-11-17(43-15(3)36)9-31-26(39)20-22(28)21(24(30)25(23(20)29)33-8-6-5-7-19(33)38)27(40)32-10-18(44-16(4)37)12-42-14(2)35/h17-18H,5-12H2,1-4H3,(H,31,39)(H,32,40). The van der Waals surface area contributed by atoms with Gasteiger partial charge in [-0.2, -0.15) is 0 Å². The predicted octanol–water partition coefficient (Wildman–Crippen LogP) is 2.47. The monoisotopic (exact) mass is 955 g/mol. The second kappa shape index (κ2) is 18.0. The summed E-state index contributed by atoms with van der Waals surface area (Å²) in [6.07, 6.45) is -0.191. The van der Waals surface area contributed by atoms with Crippen molar-refractivity contribution < 1.29 is 52.5 Å². The van der Waals surface area contributed by atoms with E-state index in [0.29, 0.717) is 32.2 Å². The van der Waals surface area contributed by atoms with E-state index in [1.165, 1.54) is 27.7 Å². The molecule has 2 atom stereocenters. The third kappa shape index (κ3) is 11.2. The molecule has 242 valence electrons. The van der Waals surface area contributed by atoms with E-state index in [1.807, 2.05) is 67.8 Å². The van der Waals surface area contributed by atoms with E-state index in [9.17, 15) is 33.6 Å². The summed E-state index contributed by atoms with van der Waals surface area (Å²) >= 11 is 5.81. The first-order valence-corrected chi connectivity index (χ1v) is 16.6. The largest absolute Gasteiger partial charge is 0.462 e. The van der Waals surface area contributed by atoms with E-state index >= 15 is 0 Å². The van der Waals surface area contributed by atoms with Crippen molar-refractivity contribution in [2.45, 2.75) is 59.2 Å². The van der Waals surface area contributed by atoms with Gasteiger partial charge in [0.1, 0.15) is 13.2 Å². The Bertz CT molecular complexity index is 1240. The lowest BCUT2D eigenvalue weighted by atomic mass is 10.0. The fraction of sp³-hybridized carbons (Fsp3) is 0.519. The van der Waals surface area contributed by atoms with Crippen molar-refractivity contribution >= 4 is 115 Å². The smallest absolute Gasteiger partial charge is 0.303 e. The summed E-state index contributed by atoms with van der Waals surface area (Å²) in [4.78, 5) is 87.5. The van der Waals surface area contributed by atoms with Gasteiger partial charge in [0.05, 0.1) is 37.0 Å². The molecule has 1 aliphatic rings. The first kappa shape index (κ1) is 37.9. The molecule has 0 saturated carbocycles. The molecular weight excluding hydrogens is 923 g/mol. The van der Waals surface area contributed by atoms with Gasteiger partial charge in [0.2, 0.25) is 5.91 Å². The van der Waals surface area contributed by atoms with E-state index < -0.39 is 47.9 Å². The number of halogens is 3. The van der Waals surface area contributed by atoms with Crippen LogP contribution in [0.5, 0.6) is 0 Å². The van der Waals surface area contributed by atoms with Crippen molar-refractivity contribution in [1.82, 2.24) is 10.6 Å². The van der Waals surface area contributed by atoms with Gasteiger partial charge in [0.25, 0.3) is 11.8 Å². The zero-order valence-corrected chi connectivity index (χ0v) is 30.9. The van der Waals surface area contributed by atoms with Crippen LogP contribution < -0.4 is 15.5 Å². The van der Waals surface area contributed by atoms with E-state index in [0.717, 1.165) is 6.42 Å². The zero-order valence-electron chi connectivity index (χ0n) is 24.4. The van der Waals surface area contributed by atoms with Gasteiger partial charge in [0.15, 0.2) is 12.2 Å². The minimum atomic E-state index is -0.971. The fourth-order valence-electron chi connectivity index (χ4n) is 4.08. The molecule has 0 aromatic heterocycles. The molecule has 1 aromatic carbocycles. The molecule has 3 amide bonds. The van der Waals surface area contributed by atoms with Crippen LogP contribution in [0.1, 0.15) is 67.7 Å². The van der Waals surface area contributed by atoms with Crippen LogP contribution in [0.4, 0.5) is 5.69 Å².